The number of aryl methyl sites for hydroxylation is 1. The minimum atomic E-state index is -0.856. The number of aliphatic carboxylic acids is 1. The van der Waals surface area contributed by atoms with Crippen molar-refractivity contribution in [2.75, 3.05) is 7.11 Å². The van der Waals surface area contributed by atoms with Crippen LogP contribution in [0.3, 0.4) is 0 Å². The average Bonchev–Trinajstić information content (AvgIpc) is 2.37. The number of nitrogens with one attached hydrogen (secondary N) is 1. The molecular formula is C13H19ClN2O3. The monoisotopic (exact) mass is 286 g/mol. The lowest BCUT2D eigenvalue weighted by atomic mass is 10.1. The molecule has 0 radical (unpaired) electrons. The van der Waals surface area contributed by atoms with Gasteiger partial charge in [0.25, 0.3) is 0 Å². The molecule has 0 aliphatic rings. The topological polar surface area (TPSA) is 71.5 Å². The number of rotatable bonds is 6. The van der Waals surface area contributed by atoms with Gasteiger partial charge in [-0.2, -0.15) is 0 Å². The number of halogens is 1. The van der Waals surface area contributed by atoms with Crippen molar-refractivity contribution in [1.82, 2.24) is 10.3 Å². The van der Waals surface area contributed by atoms with Gasteiger partial charge in [0, 0.05) is 12.2 Å². The van der Waals surface area contributed by atoms with Crippen molar-refractivity contribution in [3.05, 3.63) is 21.8 Å². The number of hydrogen-bond donors (Lipinski definition) is 2. The lowest BCUT2D eigenvalue weighted by molar-refractivity contribution is -0.139. The number of ether oxygens (including phenoxy) is 1. The summed E-state index contributed by atoms with van der Waals surface area (Å²) in [5, 5.41) is 12.5. The van der Waals surface area contributed by atoms with Crippen LogP contribution in [0.1, 0.15) is 30.2 Å². The zero-order valence-electron chi connectivity index (χ0n) is 11.6. The Balaban J connectivity index is 2.96. The van der Waals surface area contributed by atoms with Gasteiger partial charge in [0.05, 0.1) is 7.11 Å². The van der Waals surface area contributed by atoms with Crippen LogP contribution in [0.5, 0.6) is 5.88 Å². The standard InChI is InChI=1S/C13H19ClN2O3/c1-5-10(13(17)18)15-6-9-7(2)11(14)12(19-4)16-8(9)3/h10,15H,5-6H2,1-4H3,(H,17,18)/t10-/m1/s1. The van der Waals surface area contributed by atoms with Crippen molar-refractivity contribution in [1.29, 1.82) is 0 Å². The lowest BCUT2D eigenvalue weighted by Crippen LogP contribution is -2.35. The van der Waals surface area contributed by atoms with Gasteiger partial charge in [0.1, 0.15) is 11.1 Å². The van der Waals surface area contributed by atoms with E-state index in [0.29, 0.717) is 23.9 Å². The van der Waals surface area contributed by atoms with E-state index >= 15 is 0 Å². The van der Waals surface area contributed by atoms with Gasteiger partial charge in [-0.05, 0) is 31.4 Å². The van der Waals surface area contributed by atoms with Gasteiger partial charge in [-0.3, -0.25) is 4.79 Å². The first-order valence-electron chi connectivity index (χ1n) is 6.08. The van der Waals surface area contributed by atoms with Crippen LogP contribution in [0.25, 0.3) is 0 Å². The largest absolute Gasteiger partial charge is 0.480 e. The second-order valence-corrected chi connectivity index (χ2v) is 4.68. The second-order valence-electron chi connectivity index (χ2n) is 4.30. The molecule has 0 saturated carbocycles. The average molecular weight is 287 g/mol. The van der Waals surface area contributed by atoms with E-state index in [4.69, 9.17) is 21.4 Å². The number of carboxylic acids is 1. The van der Waals surface area contributed by atoms with E-state index in [1.54, 1.807) is 0 Å². The van der Waals surface area contributed by atoms with Crippen LogP contribution < -0.4 is 10.1 Å². The third-order valence-corrected chi connectivity index (χ3v) is 3.55. The van der Waals surface area contributed by atoms with Crippen molar-refractivity contribution in [2.45, 2.75) is 39.8 Å². The maximum absolute atomic E-state index is 11.0. The maximum atomic E-state index is 11.0. The molecule has 6 heteroatoms. The van der Waals surface area contributed by atoms with Crippen LogP contribution in [0, 0.1) is 13.8 Å². The highest BCUT2D eigenvalue weighted by atomic mass is 35.5. The molecule has 0 saturated heterocycles. The molecule has 106 valence electrons. The molecule has 0 aliphatic carbocycles. The van der Waals surface area contributed by atoms with Crippen LogP contribution >= 0.6 is 11.6 Å². The number of pyridine rings is 1. The summed E-state index contributed by atoms with van der Waals surface area (Å²) in [6.45, 7) is 5.97. The molecule has 1 aromatic rings. The third kappa shape index (κ3) is 3.58. The molecule has 1 aromatic heterocycles. The summed E-state index contributed by atoms with van der Waals surface area (Å²) in [5.41, 5.74) is 2.55. The summed E-state index contributed by atoms with van der Waals surface area (Å²) in [7, 11) is 1.52. The Kier molecular flexibility index (Phi) is 5.57. The highest BCUT2D eigenvalue weighted by Gasteiger charge is 2.17. The van der Waals surface area contributed by atoms with Gasteiger partial charge in [-0.25, -0.2) is 4.98 Å². The van der Waals surface area contributed by atoms with Gasteiger partial charge < -0.3 is 15.2 Å². The van der Waals surface area contributed by atoms with Crippen molar-refractivity contribution >= 4 is 17.6 Å². The summed E-state index contributed by atoms with van der Waals surface area (Å²) in [5.74, 6) is -0.462. The fraction of sp³-hybridized carbons (Fsp3) is 0.538. The third-order valence-electron chi connectivity index (χ3n) is 3.10. The first-order valence-corrected chi connectivity index (χ1v) is 6.45. The molecule has 1 atom stereocenters. The molecule has 2 N–H and O–H groups in total. The predicted molar refractivity (Wildman–Crippen MR) is 73.8 cm³/mol. The summed E-state index contributed by atoms with van der Waals surface area (Å²) < 4.78 is 5.09. The molecule has 0 amide bonds. The van der Waals surface area contributed by atoms with Crippen molar-refractivity contribution in [3.8, 4) is 5.88 Å². The van der Waals surface area contributed by atoms with E-state index in [2.05, 4.69) is 10.3 Å². The molecular weight excluding hydrogens is 268 g/mol. The normalized spacial score (nSPS) is 12.3. The first-order chi connectivity index (χ1) is 8.92. The Morgan fingerprint density at radius 2 is 2.16 bits per heavy atom. The molecule has 0 spiro atoms. The fourth-order valence-electron chi connectivity index (χ4n) is 1.86. The number of carbonyl (C=O) groups is 1. The van der Waals surface area contributed by atoms with Gasteiger partial charge in [0.15, 0.2) is 0 Å². The van der Waals surface area contributed by atoms with Crippen LogP contribution in [0.4, 0.5) is 0 Å². The van der Waals surface area contributed by atoms with Gasteiger partial charge in [-0.15, -0.1) is 0 Å². The number of carboxylic acid groups (broad SMARTS) is 1. The van der Waals surface area contributed by atoms with E-state index in [9.17, 15) is 4.79 Å². The molecule has 19 heavy (non-hydrogen) atoms. The molecule has 0 fully saturated rings. The zero-order chi connectivity index (χ0) is 14.6. The molecule has 0 aliphatic heterocycles. The minimum Gasteiger partial charge on any atom is -0.480 e. The SMILES string of the molecule is CC[C@@H](NCc1c(C)nc(OC)c(Cl)c1C)C(=O)O. The predicted octanol–water partition coefficient (Wildman–Crippen LogP) is 2.31. The van der Waals surface area contributed by atoms with E-state index in [0.717, 1.165) is 16.8 Å². The lowest BCUT2D eigenvalue weighted by Gasteiger charge is -2.17. The Hall–Kier alpha value is -1.33. The summed E-state index contributed by atoms with van der Waals surface area (Å²) >= 11 is 6.15. The summed E-state index contributed by atoms with van der Waals surface area (Å²) in [6, 6.07) is -0.570. The molecule has 5 nitrogen and oxygen atoms in total. The van der Waals surface area contributed by atoms with Crippen LogP contribution in [-0.2, 0) is 11.3 Å². The highest BCUT2D eigenvalue weighted by Crippen LogP contribution is 2.29. The van der Waals surface area contributed by atoms with Crippen molar-refractivity contribution in [2.24, 2.45) is 0 Å². The van der Waals surface area contributed by atoms with Crippen LogP contribution in [-0.4, -0.2) is 29.2 Å². The van der Waals surface area contributed by atoms with Crippen LogP contribution in [0.15, 0.2) is 0 Å². The van der Waals surface area contributed by atoms with Crippen molar-refractivity contribution < 1.29 is 14.6 Å². The Morgan fingerprint density at radius 3 is 2.63 bits per heavy atom. The smallest absolute Gasteiger partial charge is 0.320 e. The Bertz CT molecular complexity index is 477. The molecule has 0 aromatic carbocycles. The molecule has 1 rings (SSSR count). The van der Waals surface area contributed by atoms with Crippen molar-refractivity contribution in [3.63, 3.8) is 0 Å². The van der Waals surface area contributed by atoms with Gasteiger partial charge in [0.2, 0.25) is 5.88 Å². The highest BCUT2D eigenvalue weighted by molar-refractivity contribution is 6.32. The minimum absolute atomic E-state index is 0.394. The summed E-state index contributed by atoms with van der Waals surface area (Å²) in [4.78, 5) is 15.2. The van der Waals surface area contributed by atoms with E-state index in [1.807, 2.05) is 20.8 Å². The van der Waals surface area contributed by atoms with E-state index in [-0.39, 0.29) is 0 Å². The zero-order valence-corrected chi connectivity index (χ0v) is 12.3. The van der Waals surface area contributed by atoms with E-state index in [1.165, 1.54) is 7.11 Å². The van der Waals surface area contributed by atoms with Crippen LogP contribution in [0.2, 0.25) is 5.02 Å². The Labute approximate surface area is 117 Å². The number of hydrogen-bond acceptors (Lipinski definition) is 4. The van der Waals surface area contributed by atoms with E-state index < -0.39 is 12.0 Å². The second kappa shape index (κ2) is 6.73. The number of nitrogens with zero attached hydrogens (tertiary/aromatic N) is 1. The quantitative estimate of drug-likeness (QED) is 0.840. The van der Waals surface area contributed by atoms with Gasteiger partial charge in [-0.1, -0.05) is 18.5 Å². The number of methoxy groups -OCH3 is 1. The molecule has 1 heterocycles. The first kappa shape index (κ1) is 15.7. The molecule has 0 bridgehead atoms. The molecule has 0 unspecified atom stereocenters. The Morgan fingerprint density at radius 1 is 1.53 bits per heavy atom. The maximum Gasteiger partial charge on any atom is 0.320 e. The fourth-order valence-corrected chi connectivity index (χ4v) is 2.09. The summed E-state index contributed by atoms with van der Waals surface area (Å²) in [6.07, 6.45) is 0.519. The van der Waals surface area contributed by atoms with Gasteiger partial charge >= 0.3 is 5.97 Å². The number of aromatic nitrogens is 1.